The summed E-state index contributed by atoms with van der Waals surface area (Å²) in [6.45, 7) is 1.46. The maximum absolute atomic E-state index is 13.0. The van der Waals surface area contributed by atoms with Gasteiger partial charge in [0, 0.05) is 17.3 Å². The van der Waals surface area contributed by atoms with Gasteiger partial charge in [0.1, 0.15) is 5.75 Å². The molecule has 3 rings (SSSR count). The van der Waals surface area contributed by atoms with Gasteiger partial charge in [0.2, 0.25) is 0 Å². The van der Waals surface area contributed by atoms with Crippen molar-refractivity contribution in [2.75, 3.05) is 6.26 Å². The van der Waals surface area contributed by atoms with Crippen LogP contribution in [0.3, 0.4) is 0 Å². The number of ether oxygens (including phenoxy) is 1. The van der Waals surface area contributed by atoms with Gasteiger partial charge in [0.15, 0.2) is 5.69 Å². The first kappa shape index (κ1) is 24.3. The van der Waals surface area contributed by atoms with Crippen molar-refractivity contribution in [3.05, 3.63) is 62.9 Å². The van der Waals surface area contributed by atoms with Crippen molar-refractivity contribution in [1.82, 2.24) is 15.0 Å². The standard InChI is InChI=1S/C18H12Cl3F3N4O3S/c1-9-16(17(29)26-32(2,30)15-7-10(19)3-5-12(15)20)25-27-28(9)14-6-4-11(8-13(14)21)31-18(22,23)24/h3-8H,1-2H3. The summed E-state index contributed by atoms with van der Waals surface area (Å²) < 4.78 is 58.8. The fraction of sp³-hybridized carbons (Fsp3) is 0.167. The van der Waals surface area contributed by atoms with Gasteiger partial charge in [0.05, 0.1) is 36.1 Å². The molecule has 0 aliphatic heterocycles. The second-order valence-electron chi connectivity index (χ2n) is 6.37. The Kier molecular flexibility index (Phi) is 6.75. The Hall–Kier alpha value is -2.34. The Balaban J connectivity index is 1.97. The average molecular weight is 528 g/mol. The lowest BCUT2D eigenvalue weighted by molar-refractivity contribution is -0.274. The molecular weight excluding hydrogens is 516 g/mol. The molecule has 1 atom stereocenters. The van der Waals surface area contributed by atoms with Crippen molar-refractivity contribution in [1.29, 1.82) is 0 Å². The SMILES string of the molecule is Cc1c(C(=O)N=S(C)(=O)c2cc(Cl)ccc2Cl)nnn1-c1ccc(OC(F)(F)F)cc1Cl. The van der Waals surface area contributed by atoms with Gasteiger partial charge in [-0.2, -0.15) is 4.36 Å². The Labute approximate surface area is 195 Å². The molecule has 0 radical (unpaired) electrons. The van der Waals surface area contributed by atoms with Crippen LogP contribution in [0.4, 0.5) is 13.2 Å². The van der Waals surface area contributed by atoms with E-state index in [0.29, 0.717) is 0 Å². The molecule has 170 valence electrons. The largest absolute Gasteiger partial charge is 0.573 e. The van der Waals surface area contributed by atoms with E-state index in [1.807, 2.05) is 0 Å². The molecule has 1 amide bonds. The van der Waals surface area contributed by atoms with Crippen molar-refractivity contribution in [3.63, 3.8) is 0 Å². The van der Waals surface area contributed by atoms with Crippen molar-refractivity contribution < 1.29 is 26.9 Å². The number of halogens is 6. The third-order valence-corrected chi connectivity index (χ3v) is 6.68. The molecule has 0 N–H and O–H groups in total. The first-order chi connectivity index (χ1) is 14.8. The molecule has 0 aliphatic carbocycles. The molecule has 0 aliphatic rings. The molecule has 14 heteroatoms. The van der Waals surface area contributed by atoms with Crippen LogP contribution in [-0.4, -0.2) is 37.7 Å². The lowest BCUT2D eigenvalue weighted by Gasteiger charge is -2.11. The maximum Gasteiger partial charge on any atom is 0.573 e. The highest BCUT2D eigenvalue weighted by Crippen LogP contribution is 2.30. The normalized spacial score (nSPS) is 13.5. The fourth-order valence-electron chi connectivity index (χ4n) is 2.63. The quantitative estimate of drug-likeness (QED) is 0.432. The van der Waals surface area contributed by atoms with Crippen LogP contribution in [0, 0.1) is 6.92 Å². The van der Waals surface area contributed by atoms with Gasteiger partial charge >= 0.3 is 12.3 Å². The zero-order valence-electron chi connectivity index (χ0n) is 16.2. The molecule has 2 aromatic carbocycles. The van der Waals surface area contributed by atoms with Gasteiger partial charge in [-0.15, -0.1) is 18.3 Å². The second kappa shape index (κ2) is 8.89. The zero-order chi connectivity index (χ0) is 23.8. The molecule has 32 heavy (non-hydrogen) atoms. The number of nitrogens with zero attached hydrogens (tertiary/aromatic N) is 4. The number of benzene rings is 2. The molecule has 3 aromatic rings. The summed E-state index contributed by atoms with van der Waals surface area (Å²) in [6, 6.07) is 7.45. The van der Waals surface area contributed by atoms with Gasteiger partial charge in [-0.3, -0.25) is 4.79 Å². The first-order valence-corrected chi connectivity index (χ1v) is 11.5. The number of amides is 1. The number of aromatic nitrogens is 3. The molecule has 0 saturated heterocycles. The second-order valence-corrected chi connectivity index (χ2v) is 9.85. The van der Waals surface area contributed by atoms with Crippen molar-refractivity contribution in [2.24, 2.45) is 4.36 Å². The maximum atomic E-state index is 13.0. The minimum absolute atomic E-state index is 0.0772. The fourth-order valence-corrected chi connectivity index (χ4v) is 4.94. The predicted molar refractivity (Wildman–Crippen MR) is 113 cm³/mol. The Morgan fingerprint density at radius 1 is 1.12 bits per heavy atom. The highest BCUT2D eigenvalue weighted by Gasteiger charge is 2.31. The van der Waals surface area contributed by atoms with Crippen LogP contribution in [0.5, 0.6) is 5.75 Å². The minimum Gasteiger partial charge on any atom is -0.406 e. The Morgan fingerprint density at radius 2 is 1.81 bits per heavy atom. The predicted octanol–water partition coefficient (Wildman–Crippen LogP) is 5.73. The van der Waals surface area contributed by atoms with Crippen LogP contribution < -0.4 is 4.74 Å². The van der Waals surface area contributed by atoms with E-state index in [9.17, 15) is 22.2 Å². The Bertz CT molecular complexity index is 1330. The molecule has 0 fully saturated rings. The van der Waals surface area contributed by atoms with Crippen molar-refractivity contribution >= 4 is 50.4 Å². The molecule has 7 nitrogen and oxygen atoms in total. The lowest BCUT2D eigenvalue weighted by Crippen LogP contribution is -2.17. The van der Waals surface area contributed by atoms with Crippen LogP contribution in [0.15, 0.2) is 45.7 Å². The van der Waals surface area contributed by atoms with Gasteiger partial charge < -0.3 is 4.74 Å². The number of carbonyl (C=O) groups is 1. The first-order valence-electron chi connectivity index (χ1n) is 8.48. The van der Waals surface area contributed by atoms with Gasteiger partial charge in [-0.25, -0.2) is 8.89 Å². The monoisotopic (exact) mass is 526 g/mol. The van der Waals surface area contributed by atoms with E-state index < -0.39 is 27.7 Å². The molecule has 0 spiro atoms. The van der Waals surface area contributed by atoms with E-state index in [-0.39, 0.29) is 37.0 Å². The summed E-state index contributed by atoms with van der Waals surface area (Å²) in [5, 5.41) is 7.79. The van der Waals surface area contributed by atoms with Crippen molar-refractivity contribution in [2.45, 2.75) is 18.2 Å². The number of alkyl halides is 3. The molecule has 1 heterocycles. The number of hydrogen-bond acceptors (Lipinski definition) is 5. The van der Waals surface area contributed by atoms with E-state index in [1.54, 1.807) is 0 Å². The topological polar surface area (TPSA) is 86.4 Å². The summed E-state index contributed by atoms with van der Waals surface area (Å²) in [6.07, 6.45) is -3.66. The smallest absolute Gasteiger partial charge is 0.406 e. The average Bonchev–Trinajstić information content (AvgIpc) is 3.03. The number of hydrogen-bond donors (Lipinski definition) is 0. The summed E-state index contributed by atoms with van der Waals surface area (Å²) in [7, 11) is -3.28. The molecule has 1 aromatic heterocycles. The lowest BCUT2D eigenvalue weighted by atomic mass is 10.2. The third kappa shape index (κ3) is 5.34. The van der Waals surface area contributed by atoms with Crippen LogP contribution in [0.2, 0.25) is 15.1 Å². The summed E-state index contributed by atoms with van der Waals surface area (Å²) in [5.74, 6) is -1.47. The highest BCUT2D eigenvalue weighted by molar-refractivity contribution is 7.93. The molecule has 1 unspecified atom stereocenters. The van der Waals surface area contributed by atoms with Gasteiger partial charge in [0.25, 0.3) is 0 Å². The summed E-state index contributed by atoms with van der Waals surface area (Å²) >= 11 is 18.0. The summed E-state index contributed by atoms with van der Waals surface area (Å²) in [4.78, 5) is 12.8. The van der Waals surface area contributed by atoms with E-state index in [0.717, 1.165) is 16.8 Å². The van der Waals surface area contributed by atoms with Crippen molar-refractivity contribution in [3.8, 4) is 11.4 Å². The van der Waals surface area contributed by atoms with Gasteiger partial charge in [-0.05, 0) is 37.3 Å². The Morgan fingerprint density at radius 3 is 2.44 bits per heavy atom. The highest BCUT2D eigenvalue weighted by atomic mass is 35.5. The molecule has 0 bridgehead atoms. The molecular formula is C18H12Cl3F3N4O3S. The van der Waals surface area contributed by atoms with Crippen LogP contribution >= 0.6 is 34.8 Å². The minimum atomic E-state index is -4.88. The van der Waals surface area contributed by atoms with Gasteiger partial charge in [-0.1, -0.05) is 40.0 Å². The van der Waals surface area contributed by atoms with E-state index >= 15 is 0 Å². The summed E-state index contributed by atoms with van der Waals surface area (Å²) in [5.41, 5.74) is 0.0716. The zero-order valence-corrected chi connectivity index (χ0v) is 19.2. The van der Waals surface area contributed by atoms with Crippen LogP contribution in [-0.2, 0) is 9.73 Å². The van der Waals surface area contributed by atoms with Crippen LogP contribution in [0.1, 0.15) is 16.2 Å². The third-order valence-electron chi connectivity index (χ3n) is 4.04. The van der Waals surface area contributed by atoms with E-state index in [1.165, 1.54) is 37.4 Å². The number of rotatable bonds is 4. The number of carbonyl (C=O) groups excluding carboxylic acids is 1. The van der Waals surface area contributed by atoms with Crippen LogP contribution in [0.25, 0.3) is 5.69 Å². The molecule has 0 saturated carbocycles. The van der Waals surface area contributed by atoms with E-state index in [4.69, 9.17) is 34.8 Å². The van der Waals surface area contributed by atoms with E-state index in [2.05, 4.69) is 19.4 Å².